The lowest BCUT2D eigenvalue weighted by Gasteiger charge is -2.12. The molecule has 2 aromatic carbocycles. The Balaban J connectivity index is 1.97. The quantitative estimate of drug-likeness (QED) is 0.543. The fraction of sp³-hybridized carbons (Fsp3) is 0.250. The molecule has 8 heteroatoms. The van der Waals surface area contributed by atoms with Crippen LogP contribution in [0.3, 0.4) is 0 Å². The maximum atomic E-state index is 12.3. The lowest BCUT2D eigenvalue weighted by molar-refractivity contribution is -0.116. The van der Waals surface area contributed by atoms with Crippen LogP contribution in [-0.4, -0.2) is 31.3 Å². The highest BCUT2D eigenvalue weighted by Gasteiger charge is 2.09. The molecule has 148 valence electrons. The van der Waals surface area contributed by atoms with E-state index in [1.54, 1.807) is 49.5 Å². The van der Waals surface area contributed by atoms with Gasteiger partial charge in [-0.1, -0.05) is 24.6 Å². The molecule has 0 radical (unpaired) electrons. The van der Waals surface area contributed by atoms with Crippen molar-refractivity contribution in [1.29, 1.82) is 0 Å². The first-order valence-corrected chi connectivity index (χ1v) is 9.26. The zero-order chi connectivity index (χ0) is 20.5. The molecule has 0 bridgehead atoms. The number of carbonyl (C=O) groups excluding carboxylic acids is 3. The minimum Gasteiger partial charge on any atom is -0.376 e. The van der Waals surface area contributed by atoms with Crippen LogP contribution in [0.1, 0.15) is 30.1 Å². The van der Waals surface area contributed by atoms with Gasteiger partial charge in [-0.15, -0.1) is 0 Å². The Morgan fingerprint density at radius 3 is 2.46 bits per heavy atom. The van der Waals surface area contributed by atoms with Crippen LogP contribution in [0.5, 0.6) is 0 Å². The summed E-state index contributed by atoms with van der Waals surface area (Å²) >= 11 is 6.13. The number of amides is 3. The van der Waals surface area contributed by atoms with Gasteiger partial charge in [0.1, 0.15) is 0 Å². The molecular weight excluding hydrogens is 380 g/mol. The second kappa shape index (κ2) is 10.3. The Morgan fingerprint density at radius 2 is 1.75 bits per heavy atom. The largest absolute Gasteiger partial charge is 0.376 e. The van der Waals surface area contributed by atoms with Gasteiger partial charge in [0.25, 0.3) is 5.91 Å². The number of benzene rings is 2. The van der Waals surface area contributed by atoms with Crippen LogP contribution in [0, 0.1) is 0 Å². The van der Waals surface area contributed by atoms with Crippen molar-refractivity contribution in [3.8, 4) is 0 Å². The van der Waals surface area contributed by atoms with Crippen LogP contribution in [0.25, 0.3) is 0 Å². The summed E-state index contributed by atoms with van der Waals surface area (Å²) in [5, 5.41) is 11.3. The third-order valence-corrected chi connectivity index (χ3v) is 4.14. The van der Waals surface area contributed by atoms with E-state index in [1.807, 2.05) is 6.92 Å². The van der Waals surface area contributed by atoms with Crippen molar-refractivity contribution in [2.75, 3.05) is 29.5 Å². The standard InChI is InChI=1S/C20H23ClN4O3/c1-3-5-18(26)24-15-8-9-16(21)17(11-15)25-19(27)12-23-14-7-4-6-13(10-14)20(28)22-2/h4,6-11,23H,3,5,12H2,1-2H3,(H,22,28)(H,24,26)(H,25,27). The summed E-state index contributed by atoms with van der Waals surface area (Å²) < 4.78 is 0. The Labute approximate surface area is 168 Å². The van der Waals surface area contributed by atoms with E-state index >= 15 is 0 Å². The highest BCUT2D eigenvalue weighted by molar-refractivity contribution is 6.33. The maximum absolute atomic E-state index is 12.3. The molecule has 0 atom stereocenters. The number of rotatable bonds is 8. The van der Waals surface area contributed by atoms with Gasteiger partial charge in [-0.2, -0.15) is 0 Å². The van der Waals surface area contributed by atoms with Crippen LogP contribution in [0.2, 0.25) is 5.02 Å². The fourth-order valence-corrected chi connectivity index (χ4v) is 2.61. The van der Waals surface area contributed by atoms with E-state index in [1.165, 1.54) is 0 Å². The first-order valence-electron chi connectivity index (χ1n) is 8.88. The summed E-state index contributed by atoms with van der Waals surface area (Å²) in [6.07, 6.45) is 1.17. The molecule has 28 heavy (non-hydrogen) atoms. The number of hydrogen-bond donors (Lipinski definition) is 4. The molecule has 7 nitrogen and oxygen atoms in total. The maximum Gasteiger partial charge on any atom is 0.251 e. The summed E-state index contributed by atoms with van der Waals surface area (Å²) in [5.74, 6) is -0.620. The first kappa shape index (κ1) is 21.2. The summed E-state index contributed by atoms with van der Waals surface area (Å²) in [4.78, 5) is 35.6. The van der Waals surface area contributed by atoms with E-state index in [0.717, 1.165) is 6.42 Å². The molecule has 0 aromatic heterocycles. The van der Waals surface area contributed by atoms with E-state index in [9.17, 15) is 14.4 Å². The van der Waals surface area contributed by atoms with Gasteiger partial charge in [-0.25, -0.2) is 0 Å². The molecule has 0 fully saturated rings. The average molecular weight is 403 g/mol. The van der Waals surface area contributed by atoms with Gasteiger partial charge in [0, 0.05) is 30.4 Å². The van der Waals surface area contributed by atoms with Crippen molar-refractivity contribution in [3.63, 3.8) is 0 Å². The van der Waals surface area contributed by atoms with Crippen molar-refractivity contribution in [3.05, 3.63) is 53.1 Å². The predicted molar refractivity (Wildman–Crippen MR) is 112 cm³/mol. The first-order chi connectivity index (χ1) is 13.4. The second-order valence-corrected chi connectivity index (χ2v) is 6.46. The molecule has 0 heterocycles. The molecule has 0 aliphatic heterocycles. The molecule has 4 N–H and O–H groups in total. The van der Waals surface area contributed by atoms with Gasteiger partial charge in [-0.05, 0) is 42.8 Å². The number of hydrogen-bond acceptors (Lipinski definition) is 4. The molecule has 3 amide bonds. The number of halogens is 1. The van der Waals surface area contributed by atoms with Crippen LogP contribution >= 0.6 is 11.6 Å². The Morgan fingerprint density at radius 1 is 0.964 bits per heavy atom. The SMILES string of the molecule is CCCC(=O)Nc1ccc(Cl)c(NC(=O)CNc2cccc(C(=O)NC)c2)c1. The summed E-state index contributed by atoms with van der Waals surface area (Å²) in [5.41, 5.74) is 2.10. The summed E-state index contributed by atoms with van der Waals surface area (Å²) in [7, 11) is 1.55. The van der Waals surface area contributed by atoms with Crippen molar-refractivity contribution >= 4 is 46.4 Å². The number of carbonyl (C=O) groups is 3. The zero-order valence-electron chi connectivity index (χ0n) is 15.8. The average Bonchev–Trinajstić information content (AvgIpc) is 2.68. The van der Waals surface area contributed by atoms with Gasteiger partial charge < -0.3 is 21.3 Å². The van der Waals surface area contributed by atoms with E-state index in [-0.39, 0.29) is 24.3 Å². The lowest BCUT2D eigenvalue weighted by atomic mass is 10.2. The predicted octanol–water partition coefficient (Wildman–Crippen LogP) is 3.49. The molecule has 0 aliphatic rings. The van der Waals surface area contributed by atoms with Crippen LogP contribution in [0.15, 0.2) is 42.5 Å². The Bertz CT molecular complexity index is 870. The van der Waals surface area contributed by atoms with Crippen LogP contribution < -0.4 is 21.3 Å². The van der Waals surface area contributed by atoms with Crippen molar-refractivity contribution in [2.24, 2.45) is 0 Å². The van der Waals surface area contributed by atoms with E-state index in [0.29, 0.717) is 34.1 Å². The van der Waals surface area contributed by atoms with Gasteiger partial charge in [-0.3, -0.25) is 14.4 Å². The van der Waals surface area contributed by atoms with Crippen molar-refractivity contribution < 1.29 is 14.4 Å². The van der Waals surface area contributed by atoms with Gasteiger partial charge in [0.15, 0.2) is 0 Å². The molecular formula is C20H23ClN4O3. The number of anilines is 3. The number of nitrogens with one attached hydrogen (secondary N) is 4. The molecule has 0 saturated carbocycles. The normalized spacial score (nSPS) is 10.1. The molecule has 0 aliphatic carbocycles. The van der Waals surface area contributed by atoms with Crippen molar-refractivity contribution in [2.45, 2.75) is 19.8 Å². The van der Waals surface area contributed by atoms with Crippen LogP contribution in [0.4, 0.5) is 17.1 Å². The lowest BCUT2D eigenvalue weighted by Crippen LogP contribution is -2.22. The third kappa shape index (κ3) is 6.28. The minimum absolute atomic E-state index is 0.0139. The molecule has 0 saturated heterocycles. The minimum atomic E-state index is -0.315. The summed E-state index contributed by atoms with van der Waals surface area (Å²) in [6, 6.07) is 11.7. The molecule has 2 aromatic rings. The highest BCUT2D eigenvalue weighted by atomic mass is 35.5. The van der Waals surface area contributed by atoms with Gasteiger partial charge >= 0.3 is 0 Å². The third-order valence-electron chi connectivity index (χ3n) is 3.81. The molecule has 0 unspecified atom stereocenters. The highest BCUT2D eigenvalue weighted by Crippen LogP contribution is 2.25. The zero-order valence-corrected chi connectivity index (χ0v) is 16.5. The molecule has 0 spiro atoms. The molecule has 2 rings (SSSR count). The smallest absolute Gasteiger partial charge is 0.251 e. The Hall–Kier alpha value is -3.06. The topological polar surface area (TPSA) is 99.3 Å². The summed E-state index contributed by atoms with van der Waals surface area (Å²) in [6.45, 7) is 1.91. The van der Waals surface area contributed by atoms with E-state index in [4.69, 9.17) is 11.6 Å². The second-order valence-electron chi connectivity index (χ2n) is 6.05. The van der Waals surface area contributed by atoms with Gasteiger partial charge in [0.2, 0.25) is 11.8 Å². The monoisotopic (exact) mass is 402 g/mol. The van der Waals surface area contributed by atoms with Crippen molar-refractivity contribution in [1.82, 2.24) is 5.32 Å². The van der Waals surface area contributed by atoms with E-state index in [2.05, 4.69) is 21.3 Å². The fourth-order valence-electron chi connectivity index (χ4n) is 2.44. The van der Waals surface area contributed by atoms with Crippen LogP contribution in [-0.2, 0) is 9.59 Å². The van der Waals surface area contributed by atoms with E-state index < -0.39 is 0 Å². The Kier molecular flexibility index (Phi) is 7.83. The van der Waals surface area contributed by atoms with Gasteiger partial charge in [0.05, 0.1) is 17.3 Å².